The van der Waals surface area contributed by atoms with Gasteiger partial charge in [0.15, 0.2) is 5.78 Å². The van der Waals surface area contributed by atoms with Crippen LogP contribution in [0.2, 0.25) is 10.0 Å². The molecule has 0 spiro atoms. The Kier molecular flexibility index (Phi) is 5.66. The summed E-state index contributed by atoms with van der Waals surface area (Å²) in [7, 11) is 0. The molecular formula is C20H14Cl2O4. The van der Waals surface area contributed by atoms with Crippen LogP contribution in [0.4, 0.5) is 0 Å². The molecule has 0 atom stereocenters. The number of carbonyl (C=O) groups excluding carboxylic acids is 1. The normalized spacial score (nSPS) is 11.0. The molecule has 1 aromatic heterocycles. The molecule has 26 heavy (non-hydrogen) atoms. The Morgan fingerprint density at radius 3 is 2.77 bits per heavy atom. The van der Waals surface area contributed by atoms with E-state index in [-0.39, 0.29) is 18.1 Å². The van der Waals surface area contributed by atoms with Gasteiger partial charge in [-0.15, -0.1) is 0 Å². The Labute approximate surface area is 160 Å². The summed E-state index contributed by atoms with van der Waals surface area (Å²) >= 11 is 12.0. The molecule has 0 amide bonds. The van der Waals surface area contributed by atoms with E-state index in [1.807, 2.05) is 0 Å². The van der Waals surface area contributed by atoms with Gasteiger partial charge in [-0.3, -0.25) is 4.79 Å². The highest BCUT2D eigenvalue weighted by molar-refractivity contribution is 6.34. The monoisotopic (exact) mass is 388 g/mol. The molecule has 0 saturated heterocycles. The molecule has 4 nitrogen and oxygen atoms in total. The Hall–Kier alpha value is -2.69. The Morgan fingerprint density at radius 1 is 1.12 bits per heavy atom. The summed E-state index contributed by atoms with van der Waals surface area (Å²) in [5, 5.41) is 10.4. The van der Waals surface area contributed by atoms with Crippen molar-refractivity contribution >= 4 is 35.1 Å². The van der Waals surface area contributed by atoms with E-state index in [2.05, 4.69) is 0 Å². The van der Waals surface area contributed by atoms with Crippen LogP contribution in [0.3, 0.4) is 0 Å². The third-order valence-electron chi connectivity index (χ3n) is 3.48. The number of phenols is 1. The number of benzene rings is 2. The number of ketones is 1. The molecule has 6 heteroatoms. The lowest BCUT2D eigenvalue weighted by atomic mass is 10.1. The van der Waals surface area contributed by atoms with Crippen molar-refractivity contribution in [1.82, 2.24) is 0 Å². The van der Waals surface area contributed by atoms with Gasteiger partial charge in [0.2, 0.25) is 0 Å². The zero-order valence-corrected chi connectivity index (χ0v) is 15.0. The second-order valence-corrected chi connectivity index (χ2v) is 6.26. The molecule has 3 aromatic rings. The fourth-order valence-electron chi connectivity index (χ4n) is 2.21. The van der Waals surface area contributed by atoms with Gasteiger partial charge < -0.3 is 14.3 Å². The molecule has 0 saturated carbocycles. The average Bonchev–Trinajstić information content (AvgIpc) is 3.08. The molecule has 0 aliphatic rings. The number of halogens is 2. The van der Waals surface area contributed by atoms with E-state index in [4.69, 9.17) is 32.4 Å². The SMILES string of the molecule is O=C(/C=C/c1ccc(COc2cc(Cl)ccc2Cl)o1)c1cccc(O)c1. The molecule has 132 valence electrons. The summed E-state index contributed by atoms with van der Waals surface area (Å²) in [5.74, 6) is 1.36. The van der Waals surface area contributed by atoms with Gasteiger partial charge in [0.1, 0.15) is 29.6 Å². The highest BCUT2D eigenvalue weighted by Crippen LogP contribution is 2.28. The number of aromatic hydroxyl groups is 1. The van der Waals surface area contributed by atoms with Gasteiger partial charge in [0.05, 0.1) is 5.02 Å². The molecule has 0 radical (unpaired) electrons. The lowest BCUT2D eigenvalue weighted by Gasteiger charge is -2.06. The van der Waals surface area contributed by atoms with Crippen molar-refractivity contribution in [3.63, 3.8) is 0 Å². The molecule has 0 bridgehead atoms. The predicted octanol–water partition coefficient (Wildman–Crippen LogP) is 5.77. The summed E-state index contributed by atoms with van der Waals surface area (Å²) in [6.07, 6.45) is 2.94. The minimum atomic E-state index is -0.235. The van der Waals surface area contributed by atoms with Crippen LogP contribution in [0.5, 0.6) is 11.5 Å². The first-order valence-corrected chi connectivity index (χ1v) is 8.45. The second kappa shape index (κ2) is 8.13. The van der Waals surface area contributed by atoms with Crippen molar-refractivity contribution in [2.75, 3.05) is 0 Å². The minimum Gasteiger partial charge on any atom is -0.508 e. The van der Waals surface area contributed by atoms with Crippen LogP contribution in [0.1, 0.15) is 21.9 Å². The first kappa shape index (κ1) is 18.1. The first-order valence-electron chi connectivity index (χ1n) is 7.69. The number of carbonyl (C=O) groups is 1. The zero-order chi connectivity index (χ0) is 18.5. The smallest absolute Gasteiger partial charge is 0.186 e. The molecule has 0 aliphatic heterocycles. The van der Waals surface area contributed by atoms with Crippen molar-refractivity contribution < 1.29 is 19.1 Å². The predicted molar refractivity (Wildman–Crippen MR) is 101 cm³/mol. The maximum atomic E-state index is 12.1. The number of rotatable bonds is 6. The summed E-state index contributed by atoms with van der Waals surface area (Å²) in [6.45, 7) is 0.175. The zero-order valence-electron chi connectivity index (χ0n) is 13.5. The topological polar surface area (TPSA) is 59.7 Å². The minimum absolute atomic E-state index is 0.0429. The second-order valence-electron chi connectivity index (χ2n) is 5.42. The fourth-order valence-corrected chi connectivity index (χ4v) is 2.55. The standard InChI is InChI=1S/C20H14Cl2O4/c21-14-4-8-18(22)20(11-14)25-12-17-6-5-16(26-17)7-9-19(24)13-2-1-3-15(23)10-13/h1-11,23H,12H2/b9-7+. The molecule has 0 unspecified atom stereocenters. The highest BCUT2D eigenvalue weighted by atomic mass is 35.5. The molecule has 1 heterocycles. The lowest BCUT2D eigenvalue weighted by Crippen LogP contribution is -1.94. The summed E-state index contributed by atoms with van der Waals surface area (Å²) in [6, 6.07) is 14.6. The van der Waals surface area contributed by atoms with Crippen LogP contribution in [0.25, 0.3) is 6.08 Å². The van der Waals surface area contributed by atoms with Crippen molar-refractivity contribution in [2.24, 2.45) is 0 Å². The van der Waals surface area contributed by atoms with E-state index in [0.29, 0.717) is 32.9 Å². The van der Waals surface area contributed by atoms with Gasteiger partial charge in [0, 0.05) is 16.7 Å². The third-order valence-corrected chi connectivity index (χ3v) is 4.02. The number of hydrogen-bond acceptors (Lipinski definition) is 4. The molecule has 2 aromatic carbocycles. The van der Waals surface area contributed by atoms with Gasteiger partial charge in [-0.25, -0.2) is 0 Å². The highest BCUT2D eigenvalue weighted by Gasteiger charge is 2.07. The number of furan rings is 1. The maximum Gasteiger partial charge on any atom is 0.186 e. The number of phenolic OH excluding ortho intramolecular Hbond substituents is 1. The summed E-state index contributed by atoms with van der Waals surface area (Å²) < 4.78 is 11.2. The van der Waals surface area contributed by atoms with Crippen LogP contribution < -0.4 is 4.74 Å². The van der Waals surface area contributed by atoms with Gasteiger partial charge in [0.25, 0.3) is 0 Å². The first-order chi connectivity index (χ1) is 12.5. The van der Waals surface area contributed by atoms with Crippen LogP contribution in [0.15, 0.2) is 65.1 Å². The summed E-state index contributed by atoms with van der Waals surface area (Å²) in [5.41, 5.74) is 0.395. The fraction of sp³-hybridized carbons (Fsp3) is 0.0500. The van der Waals surface area contributed by atoms with Crippen LogP contribution in [-0.4, -0.2) is 10.9 Å². The average molecular weight is 389 g/mol. The quantitative estimate of drug-likeness (QED) is 0.430. The number of ether oxygens (including phenoxy) is 1. The molecule has 0 aliphatic carbocycles. The Bertz CT molecular complexity index is 960. The van der Waals surface area contributed by atoms with Gasteiger partial charge in [-0.1, -0.05) is 35.3 Å². The number of allylic oxidation sites excluding steroid dienone is 1. The van der Waals surface area contributed by atoms with E-state index in [1.165, 1.54) is 18.2 Å². The van der Waals surface area contributed by atoms with Crippen LogP contribution in [-0.2, 0) is 6.61 Å². The van der Waals surface area contributed by atoms with E-state index < -0.39 is 0 Å². The van der Waals surface area contributed by atoms with E-state index >= 15 is 0 Å². The maximum absolute atomic E-state index is 12.1. The van der Waals surface area contributed by atoms with Crippen molar-refractivity contribution in [1.29, 1.82) is 0 Å². The van der Waals surface area contributed by atoms with E-state index in [0.717, 1.165) is 0 Å². The van der Waals surface area contributed by atoms with Gasteiger partial charge >= 0.3 is 0 Å². The molecule has 3 rings (SSSR count). The number of hydrogen-bond donors (Lipinski definition) is 1. The van der Waals surface area contributed by atoms with Crippen molar-refractivity contribution in [2.45, 2.75) is 6.61 Å². The van der Waals surface area contributed by atoms with Crippen molar-refractivity contribution in [3.8, 4) is 11.5 Å². The molecule has 1 N–H and O–H groups in total. The Balaban J connectivity index is 1.62. The lowest BCUT2D eigenvalue weighted by molar-refractivity contribution is 0.104. The molecule has 0 fully saturated rings. The van der Waals surface area contributed by atoms with Crippen LogP contribution in [0, 0.1) is 0 Å². The molecular weight excluding hydrogens is 375 g/mol. The van der Waals surface area contributed by atoms with E-state index in [1.54, 1.807) is 48.5 Å². The van der Waals surface area contributed by atoms with Gasteiger partial charge in [-0.2, -0.15) is 0 Å². The van der Waals surface area contributed by atoms with E-state index in [9.17, 15) is 9.90 Å². The summed E-state index contributed by atoms with van der Waals surface area (Å²) in [4.78, 5) is 12.1. The Morgan fingerprint density at radius 2 is 1.96 bits per heavy atom. The largest absolute Gasteiger partial charge is 0.508 e. The van der Waals surface area contributed by atoms with Gasteiger partial charge in [-0.05, 0) is 48.6 Å². The van der Waals surface area contributed by atoms with Crippen molar-refractivity contribution in [3.05, 3.63) is 87.8 Å². The van der Waals surface area contributed by atoms with Crippen LogP contribution >= 0.6 is 23.2 Å². The third kappa shape index (κ3) is 4.69.